The van der Waals surface area contributed by atoms with Crippen LogP contribution in [0, 0.1) is 18.3 Å². The van der Waals surface area contributed by atoms with Gasteiger partial charge in [0.25, 0.3) is 11.5 Å². The van der Waals surface area contributed by atoms with Gasteiger partial charge in [0.1, 0.15) is 11.6 Å². The Bertz CT molecular complexity index is 1590. The van der Waals surface area contributed by atoms with Crippen molar-refractivity contribution in [3.63, 3.8) is 0 Å². The van der Waals surface area contributed by atoms with Gasteiger partial charge in [0.15, 0.2) is 18.1 Å². The topological polar surface area (TPSA) is 141 Å². The Kier molecular flexibility index (Phi) is 8.67. The number of hydrogen-bond acceptors (Lipinski definition) is 8. The molecule has 3 N–H and O–H groups in total. The molecular formula is C29H26N6O4. The summed E-state index contributed by atoms with van der Waals surface area (Å²) in [4.78, 5) is 31.7. The number of para-hydroxylation sites is 1. The van der Waals surface area contributed by atoms with E-state index in [1.165, 1.54) is 6.21 Å². The van der Waals surface area contributed by atoms with Crippen LogP contribution in [-0.2, 0) is 4.79 Å². The number of amides is 1. The predicted octanol–water partition coefficient (Wildman–Crippen LogP) is 4.48. The van der Waals surface area contributed by atoms with Gasteiger partial charge in [0, 0.05) is 11.3 Å². The summed E-state index contributed by atoms with van der Waals surface area (Å²) in [5, 5.41) is 16.4. The number of ether oxygens (including phenoxy) is 2. The van der Waals surface area contributed by atoms with Gasteiger partial charge in [0.05, 0.1) is 18.5 Å². The minimum atomic E-state index is -0.573. The quantitative estimate of drug-likeness (QED) is 0.206. The summed E-state index contributed by atoms with van der Waals surface area (Å²) in [6.07, 6.45) is 1.51. The fraction of sp³-hybridized carbons (Fsp3) is 0.138. The van der Waals surface area contributed by atoms with Crippen molar-refractivity contribution < 1.29 is 14.3 Å². The number of anilines is 2. The summed E-state index contributed by atoms with van der Waals surface area (Å²) in [5.74, 6) is 0.646. The zero-order chi connectivity index (χ0) is 27.6. The largest absolute Gasteiger partial charge is 0.490 e. The van der Waals surface area contributed by atoms with E-state index in [1.807, 2.05) is 50.2 Å². The van der Waals surface area contributed by atoms with Gasteiger partial charge in [-0.1, -0.05) is 48.5 Å². The van der Waals surface area contributed by atoms with E-state index in [0.717, 1.165) is 11.3 Å². The number of aromatic amines is 1. The molecule has 10 nitrogen and oxygen atoms in total. The molecule has 0 atom stereocenters. The monoisotopic (exact) mass is 522 g/mol. The Balaban J connectivity index is 1.45. The smallest absolute Gasteiger partial charge is 0.270 e. The molecule has 39 heavy (non-hydrogen) atoms. The fourth-order valence-corrected chi connectivity index (χ4v) is 3.64. The van der Waals surface area contributed by atoms with E-state index in [9.17, 15) is 14.9 Å². The number of hydrogen-bond donors (Lipinski definition) is 3. The van der Waals surface area contributed by atoms with Crippen molar-refractivity contribution in [2.45, 2.75) is 13.8 Å². The lowest BCUT2D eigenvalue weighted by molar-refractivity contribution is -0.118. The average molecular weight is 523 g/mol. The first-order valence-electron chi connectivity index (χ1n) is 12.1. The van der Waals surface area contributed by atoms with Gasteiger partial charge in [0.2, 0.25) is 5.95 Å². The van der Waals surface area contributed by atoms with E-state index in [-0.39, 0.29) is 29.7 Å². The molecule has 0 aliphatic carbocycles. The maximum absolute atomic E-state index is 12.4. The molecule has 0 fully saturated rings. The number of H-pyrrole nitrogens is 1. The van der Waals surface area contributed by atoms with Crippen LogP contribution in [-0.4, -0.2) is 35.3 Å². The fourth-order valence-electron chi connectivity index (χ4n) is 3.64. The van der Waals surface area contributed by atoms with Gasteiger partial charge in [-0.2, -0.15) is 10.4 Å². The second kappa shape index (κ2) is 12.7. The zero-order valence-corrected chi connectivity index (χ0v) is 21.4. The molecule has 0 saturated heterocycles. The summed E-state index contributed by atoms with van der Waals surface area (Å²) >= 11 is 0. The summed E-state index contributed by atoms with van der Waals surface area (Å²) in [6.45, 7) is 3.96. The number of carbonyl (C=O) groups is 1. The number of rotatable bonds is 10. The standard InChI is InChI=1S/C29H26N6O4/c1-3-38-25-15-20(13-14-24(25)39-18-26(36)32-23-12-8-7-9-19(23)2)17-31-35-29-33-27(21-10-5-4-6-11-21)22(16-30)28(37)34-29/h4-15,17H,3,18H2,1-2H3,(H,32,36)(H2,33,34,35,37). The molecule has 10 heteroatoms. The molecule has 1 heterocycles. The van der Waals surface area contributed by atoms with Crippen LogP contribution in [0.25, 0.3) is 11.3 Å². The number of aromatic nitrogens is 2. The Morgan fingerprint density at radius 3 is 2.59 bits per heavy atom. The molecule has 196 valence electrons. The van der Waals surface area contributed by atoms with E-state index < -0.39 is 5.56 Å². The molecule has 0 saturated carbocycles. The number of nitrogens with zero attached hydrogens (tertiary/aromatic N) is 3. The second-order valence-electron chi connectivity index (χ2n) is 8.28. The molecule has 0 aliphatic rings. The zero-order valence-electron chi connectivity index (χ0n) is 21.4. The first-order valence-corrected chi connectivity index (χ1v) is 12.1. The van der Waals surface area contributed by atoms with Gasteiger partial charge in [-0.15, -0.1) is 0 Å². The SMILES string of the molecule is CCOc1cc(C=NNc2nc(-c3ccccc3)c(C#N)c(=O)[nH]2)ccc1OCC(=O)Nc1ccccc1C. The maximum atomic E-state index is 12.4. The van der Waals surface area contributed by atoms with Gasteiger partial charge >= 0.3 is 0 Å². The van der Waals surface area contributed by atoms with Crippen LogP contribution in [0.5, 0.6) is 11.5 Å². The number of aryl methyl sites for hydroxylation is 1. The molecule has 0 aliphatic heterocycles. The predicted molar refractivity (Wildman–Crippen MR) is 149 cm³/mol. The van der Waals surface area contributed by atoms with Crippen LogP contribution in [0.1, 0.15) is 23.6 Å². The van der Waals surface area contributed by atoms with Crippen LogP contribution < -0.4 is 25.8 Å². The highest BCUT2D eigenvalue weighted by Crippen LogP contribution is 2.28. The number of nitrogens with one attached hydrogen (secondary N) is 3. The highest BCUT2D eigenvalue weighted by molar-refractivity contribution is 5.92. The summed E-state index contributed by atoms with van der Waals surface area (Å²) in [5.41, 5.74) is 5.28. The number of benzene rings is 3. The van der Waals surface area contributed by atoms with E-state index in [2.05, 4.69) is 25.8 Å². The summed E-state index contributed by atoms with van der Waals surface area (Å²) in [6, 6.07) is 23.5. The minimum Gasteiger partial charge on any atom is -0.490 e. The Morgan fingerprint density at radius 2 is 1.85 bits per heavy atom. The van der Waals surface area contributed by atoms with Crippen molar-refractivity contribution in [1.82, 2.24) is 9.97 Å². The molecule has 0 radical (unpaired) electrons. The molecule has 4 rings (SSSR count). The number of hydrazone groups is 1. The van der Waals surface area contributed by atoms with Crippen LogP contribution in [0.4, 0.5) is 11.6 Å². The van der Waals surface area contributed by atoms with Gasteiger partial charge in [-0.25, -0.2) is 10.4 Å². The van der Waals surface area contributed by atoms with Crippen molar-refractivity contribution in [1.29, 1.82) is 5.26 Å². The average Bonchev–Trinajstić information content (AvgIpc) is 2.94. The third-order valence-electron chi connectivity index (χ3n) is 5.51. The highest BCUT2D eigenvalue weighted by Gasteiger charge is 2.13. The molecule has 1 aromatic heterocycles. The van der Waals surface area contributed by atoms with Crippen LogP contribution in [0.15, 0.2) is 82.7 Å². The van der Waals surface area contributed by atoms with Crippen molar-refractivity contribution in [3.8, 4) is 28.8 Å². The maximum Gasteiger partial charge on any atom is 0.270 e. The molecule has 0 unspecified atom stereocenters. The Morgan fingerprint density at radius 1 is 1.08 bits per heavy atom. The number of carbonyl (C=O) groups excluding carboxylic acids is 1. The van der Waals surface area contributed by atoms with Crippen molar-refractivity contribution in [2.75, 3.05) is 24.0 Å². The van der Waals surface area contributed by atoms with Gasteiger partial charge in [-0.05, 0) is 49.2 Å². The molecule has 1 amide bonds. The van der Waals surface area contributed by atoms with Gasteiger partial charge in [-0.3, -0.25) is 14.6 Å². The Hall–Kier alpha value is -5.43. The van der Waals surface area contributed by atoms with Crippen molar-refractivity contribution in [2.24, 2.45) is 5.10 Å². The summed E-state index contributed by atoms with van der Waals surface area (Å²) < 4.78 is 11.4. The highest BCUT2D eigenvalue weighted by atomic mass is 16.5. The lowest BCUT2D eigenvalue weighted by atomic mass is 10.1. The second-order valence-corrected chi connectivity index (χ2v) is 8.28. The normalized spacial score (nSPS) is 10.6. The van der Waals surface area contributed by atoms with E-state index in [0.29, 0.717) is 29.2 Å². The third-order valence-corrected chi connectivity index (χ3v) is 5.51. The molecule has 4 aromatic rings. The van der Waals surface area contributed by atoms with Crippen molar-refractivity contribution in [3.05, 3.63) is 99.8 Å². The first kappa shape index (κ1) is 26.6. The van der Waals surface area contributed by atoms with Crippen LogP contribution in [0.2, 0.25) is 0 Å². The van der Waals surface area contributed by atoms with E-state index in [4.69, 9.17) is 9.47 Å². The molecular weight excluding hydrogens is 496 g/mol. The first-order chi connectivity index (χ1) is 19.0. The van der Waals surface area contributed by atoms with E-state index >= 15 is 0 Å². The molecule has 0 bridgehead atoms. The van der Waals surface area contributed by atoms with Crippen LogP contribution in [0.3, 0.4) is 0 Å². The molecule has 0 spiro atoms. The van der Waals surface area contributed by atoms with Crippen LogP contribution >= 0.6 is 0 Å². The third kappa shape index (κ3) is 6.87. The van der Waals surface area contributed by atoms with E-state index in [1.54, 1.807) is 42.5 Å². The minimum absolute atomic E-state index is 0.0822. The van der Waals surface area contributed by atoms with Crippen molar-refractivity contribution >= 4 is 23.8 Å². The summed E-state index contributed by atoms with van der Waals surface area (Å²) in [7, 11) is 0. The lowest BCUT2D eigenvalue weighted by Crippen LogP contribution is -2.20. The Labute approximate surface area is 225 Å². The molecule has 3 aromatic carbocycles. The lowest BCUT2D eigenvalue weighted by Gasteiger charge is -2.13. The van der Waals surface area contributed by atoms with Gasteiger partial charge < -0.3 is 14.8 Å². The number of nitriles is 1.